The van der Waals surface area contributed by atoms with Crippen molar-refractivity contribution in [3.8, 4) is 33.8 Å². The minimum absolute atomic E-state index is 0. The molecule has 6 aromatic heterocycles. The third kappa shape index (κ3) is 21.6. The molecule has 0 amide bonds. The molecule has 23 rings (SSSR count). The van der Waals surface area contributed by atoms with Crippen LogP contribution in [0.15, 0.2) is 408 Å². The van der Waals surface area contributed by atoms with Gasteiger partial charge in [0.1, 0.15) is 34.0 Å². The Balaban J connectivity index is 0.000000127. The van der Waals surface area contributed by atoms with Gasteiger partial charge in [0.25, 0.3) is 0 Å². The van der Waals surface area contributed by atoms with Gasteiger partial charge in [0.15, 0.2) is 17.3 Å². The standard InChI is InChI=1S/C31H40O2.3C21H12NO.2C15H12O2.3Ir/c1-28(2)13-15-30(5,6)24-17-20(9-11-22(24)28)26(32)19-27(33)21-10-12-23-25(18-21)31(7,8)16-14-29(23,3)4;1-3-10-18-14(6-1)12-13-19(22-18)17-9-5-8-16-15-7-2-4-11-20(15)23-21(16)17;2*1-2-7-15-14(6-1)12-13-22-20(15)18-10-5-9-17-16-8-3-4-11-19(16)23-21(17)18;2*16-14(12-7-3-1-4-8-12)11-15(17)13-9-5-2-6-10-13;;;/h9-12,17-19,32H,13-16H2,1-8H3;1-8,10-13H;2*1-9,11-13H;2*1-11,16H;;;/q;3*-1;;;;;. The number of ketones is 3. The van der Waals surface area contributed by atoms with E-state index in [2.05, 4.69) is 175 Å². The third-order valence-electron chi connectivity index (χ3n) is 26.0. The van der Waals surface area contributed by atoms with Crippen LogP contribution < -0.4 is 0 Å². The van der Waals surface area contributed by atoms with E-state index in [0.29, 0.717) is 33.4 Å². The first-order valence-electron chi connectivity index (χ1n) is 45.8. The van der Waals surface area contributed by atoms with Crippen molar-refractivity contribution < 1.29 is 103 Å². The summed E-state index contributed by atoms with van der Waals surface area (Å²) in [5, 5.41) is 42.9. The Hall–Kier alpha value is -14.5. The fraction of sp³-hybridized carbons (Fsp3) is 0.129. The number of pyridine rings is 3. The number of nitrogens with zero attached hydrogens (tertiary/aromatic N) is 3. The van der Waals surface area contributed by atoms with Crippen molar-refractivity contribution in [2.24, 2.45) is 0 Å². The molecule has 695 valence electrons. The van der Waals surface area contributed by atoms with E-state index in [1.807, 2.05) is 213 Å². The second-order valence-electron chi connectivity index (χ2n) is 36.9. The number of hydrogen-bond donors (Lipinski definition) is 3. The van der Waals surface area contributed by atoms with Crippen LogP contribution in [0.2, 0.25) is 0 Å². The molecule has 0 saturated heterocycles. The zero-order valence-corrected chi connectivity index (χ0v) is 85.2. The number of carbonyl (C=O) groups excluding carboxylic acids is 3. The number of hydrogen-bond acceptors (Lipinski definition) is 12. The molecule has 0 atom stereocenters. The number of fused-ring (bicyclic) bond motifs is 14. The zero-order valence-electron chi connectivity index (χ0n) is 78.0. The normalized spacial score (nSPS) is 13.7. The van der Waals surface area contributed by atoms with Crippen molar-refractivity contribution in [3.05, 3.63) is 468 Å². The number of rotatable bonds is 12. The third-order valence-corrected chi connectivity index (χ3v) is 26.0. The fourth-order valence-corrected chi connectivity index (χ4v) is 18.2. The van der Waals surface area contributed by atoms with Crippen LogP contribution in [0.5, 0.6) is 0 Å². The summed E-state index contributed by atoms with van der Waals surface area (Å²) in [5.41, 5.74) is 21.0. The van der Waals surface area contributed by atoms with Crippen molar-refractivity contribution in [1.82, 2.24) is 15.0 Å². The fourth-order valence-electron chi connectivity index (χ4n) is 18.2. The van der Waals surface area contributed by atoms with Gasteiger partial charge in [0, 0.05) is 140 Å². The van der Waals surface area contributed by atoms with Gasteiger partial charge in [-0.3, -0.25) is 19.4 Å². The van der Waals surface area contributed by atoms with Crippen molar-refractivity contribution in [2.45, 2.75) is 103 Å². The van der Waals surface area contributed by atoms with Crippen LogP contribution in [0, 0.1) is 18.2 Å². The molecular weight excluding hydrogens is 2250 g/mol. The molecule has 15 heteroatoms. The molecule has 6 heterocycles. The maximum absolute atomic E-state index is 13.2. The van der Waals surface area contributed by atoms with E-state index in [-0.39, 0.29) is 117 Å². The summed E-state index contributed by atoms with van der Waals surface area (Å²) < 4.78 is 18.3. The second kappa shape index (κ2) is 43.0. The summed E-state index contributed by atoms with van der Waals surface area (Å²) in [7, 11) is 0. The Labute approximate surface area is 849 Å². The van der Waals surface area contributed by atoms with Gasteiger partial charge in [-0.2, -0.15) is 0 Å². The molecular formula is C124H100Ir3N3O9-3. The number of carbonyl (C=O) groups is 3. The summed E-state index contributed by atoms with van der Waals surface area (Å²) in [6.07, 6.45) is 12.1. The zero-order chi connectivity index (χ0) is 94.2. The van der Waals surface area contributed by atoms with Gasteiger partial charge in [0.05, 0.1) is 22.3 Å². The summed E-state index contributed by atoms with van der Waals surface area (Å²) in [5.74, 6) is -0.538. The predicted octanol–water partition coefficient (Wildman–Crippen LogP) is 31.9. The van der Waals surface area contributed by atoms with Crippen LogP contribution in [0.1, 0.15) is 151 Å². The van der Waals surface area contributed by atoms with Crippen molar-refractivity contribution in [1.29, 1.82) is 0 Å². The minimum Gasteiger partial charge on any atom is -0.507 e. The molecule has 0 unspecified atom stereocenters. The molecule has 0 fully saturated rings. The smallest absolute Gasteiger partial charge is 0.189 e. The summed E-state index contributed by atoms with van der Waals surface area (Å²) in [4.78, 5) is 50.7. The summed E-state index contributed by atoms with van der Waals surface area (Å²) in [6.45, 7) is 18.2. The predicted molar refractivity (Wildman–Crippen MR) is 554 cm³/mol. The maximum Gasteiger partial charge on any atom is 0.189 e. The number of allylic oxidation sites excluding steroid dienone is 3. The van der Waals surface area contributed by atoms with Gasteiger partial charge < -0.3 is 38.5 Å². The van der Waals surface area contributed by atoms with Gasteiger partial charge in [-0.1, -0.05) is 367 Å². The van der Waals surface area contributed by atoms with Crippen LogP contribution in [0.4, 0.5) is 0 Å². The Bertz CT molecular complexity index is 7850. The molecule has 139 heavy (non-hydrogen) atoms. The number of para-hydroxylation sites is 4. The second-order valence-corrected chi connectivity index (χ2v) is 36.9. The number of furan rings is 3. The number of aliphatic hydroxyl groups is 3. The van der Waals surface area contributed by atoms with E-state index in [4.69, 9.17) is 18.2 Å². The molecule has 12 nitrogen and oxygen atoms in total. The minimum atomic E-state index is -0.202. The first-order valence-corrected chi connectivity index (χ1v) is 45.8. The van der Waals surface area contributed by atoms with Gasteiger partial charge in [0.2, 0.25) is 0 Å². The molecule has 0 spiro atoms. The maximum atomic E-state index is 13.2. The van der Waals surface area contributed by atoms with Crippen LogP contribution in [-0.4, -0.2) is 47.6 Å². The Morgan fingerprint density at radius 2 is 0.597 bits per heavy atom. The Morgan fingerprint density at radius 1 is 0.288 bits per heavy atom. The van der Waals surface area contributed by atoms with Crippen LogP contribution in [0.25, 0.3) is 149 Å². The van der Waals surface area contributed by atoms with E-state index in [9.17, 15) is 29.7 Å². The van der Waals surface area contributed by atoms with Crippen molar-refractivity contribution >= 4 is 133 Å². The van der Waals surface area contributed by atoms with Gasteiger partial charge >= 0.3 is 0 Å². The van der Waals surface area contributed by atoms with E-state index >= 15 is 0 Å². The molecule has 0 saturated carbocycles. The quantitative estimate of drug-likeness (QED) is 0.0455. The molecule has 15 aromatic carbocycles. The molecule has 3 N–H and O–H groups in total. The van der Waals surface area contributed by atoms with E-state index in [0.717, 1.165) is 147 Å². The molecule has 2 aliphatic carbocycles. The summed E-state index contributed by atoms with van der Waals surface area (Å²) >= 11 is 0. The molecule has 3 radical (unpaired) electrons. The van der Waals surface area contributed by atoms with Crippen LogP contribution >= 0.6 is 0 Å². The topological polar surface area (TPSA) is 190 Å². The number of aromatic nitrogens is 3. The van der Waals surface area contributed by atoms with Crippen LogP contribution in [-0.2, 0) is 82.0 Å². The van der Waals surface area contributed by atoms with E-state index < -0.39 is 0 Å². The van der Waals surface area contributed by atoms with Gasteiger partial charge in [-0.05, 0) is 162 Å². The molecule has 21 aromatic rings. The van der Waals surface area contributed by atoms with E-state index in [1.54, 1.807) is 72.8 Å². The first kappa shape index (κ1) is 99.0. The average Bonchev–Trinajstić information content (AvgIpc) is 1.49. The Kier molecular flexibility index (Phi) is 30.7. The summed E-state index contributed by atoms with van der Waals surface area (Å²) in [6, 6.07) is 127. The molecule has 2 aliphatic rings. The molecule has 0 bridgehead atoms. The van der Waals surface area contributed by atoms with Crippen molar-refractivity contribution in [3.63, 3.8) is 0 Å². The largest absolute Gasteiger partial charge is 0.507 e. The Morgan fingerprint density at radius 3 is 1.01 bits per heavy atom. The van der Waals surface area contributed by atoms with Gasteiger partial charge in [-0.25, -0.2) is 0 Å². The van der Waals surface area contributed by atoms with Gasteiger partial charge in [-0.15, -0.1) is 54.6 Å². The monoisotopic (exact) mass is 2350 g/mol. The number of benzene rings is 15. The average molecular weight is 2350 g/mol. The molecule has 0 aliphatic heterocycles. The number of aliphatic hydroxyl groups excluding tert-OH is 3. The first-order chi connectivity index (χ1) is 65.9. The van der Waals surface area contributed by atoms with Crippen LogP contribution in [0.3, 0.4) is 0 Å². The van der Waals surface area contributed by atoms with E-state index in [1.165, 1.54) is 51.3 Å². The SMILES string of the molecule is CC1(C)CCC(C)(C)c2cc(C(=O)C=C(O)c3ccc4c(c3)C(C)(C)CCC4(C)C)ccc21.O=C(C=C(O)c1ccccc1)c1ccccc1.O=C(C=C(O)c1ccccc1)c1ccccc1.[Ir].[Ir].[Ir].[c-]1ccc2c(oc3ccccc32)c1-c1ccc2ccccc2n1.[c-]1ccc2c(oc3ccccc32)c1-c1nccc2ccccc12.[c-]1ccc2c(oc3ccccc32)c1-c1nccc2ccccc12. The van der Waals surface area contributed by atoms with Crippen molar-refractivity contribution in [2.75, 3.05) is 0 Å².